The van der Waals surface area contributed by atoms with Gasteiger partial charge in [-0.05, 0) is 51.8 Å². The zero-order valence-electron chi connectivity index (χ0n) is 16.4. The molecule has 156 valence electrons. The van der Waals surface area contributed by atoms with Crippen LogP contribution in [0.15, 0.2) is 18.2 Å². The number of carbonyl (C=O) groups is 1. The fraction of sp³-hybridized carbons (Fsp3) is 0.579. The minimum atomic E-state index is -4.26. The van der Waals surface area contributed by atoms with Gasteiger partial charge in [-0.2, -0.15) is 13.2 Å². The molecule has 1 aromatic carbocycles. The van der Waals surface area contributed by atoms with E-state index in [0.29, 0.717) is 16.4 Å². The fourth-order valence-corrected chi connectivity index (χ4v) is 2.76. The Morgan fingerprint density at radius 1 is 1.32 bits per heavy atom. The van der Waals surface area contributed by atoms with Crippen molar-refractivity contribution in [3.8, 4) is 5.75 Å². The summed E-state index contributed by atoms with van der Waals surface area (Å²) >= 11 is 5.20. The van der Waals surface area contributed by atoms with Crippen LogP contribution in [-0.4, -0.2) is 40.4 Å². The van der Waals surface area contributed by atoms with Crippen LogP contribution < -0.4 is 10.1 Å². The number of nitrogens with zero attached hydrogens (tertiary/aromatic N) is 1. The number of anilines is 1. The van der Waals surface area contributed by atoms with Crippen molar-refractivity contribution in [2.45, 2.75) is 65.0 Å². The molecule has 28 heavy (non-hydrogen) atoms. The summed E-state index contributed by atoms with van der Waals surface area (Å²) < 4.78 is 48.5. The van der Waals surface area contributed by atoms with Gasteiger partial charge >= 0.3 is 12.3 Å². The van der Waals surface area contributed by atoms with Crippen LogP contribution in [0.2, 0.25) is 0 Å². The molecule has 1 unspecified atom stereocenters. The van der Waals surface area contributed by atoms with Crippen molar-refractivity contribution in [2.24, 2.45) is 0 Å². The first-order chi connectivity index (χ1) is 12.8. The van der Waals surface area contributed by atoms with Crippen molar-refractivity contribution < 1.29 is 27.4 Å². The summed E-state index contributed by atoms with van der Waals surface area (Å²) in [4.78, 5) is 14.3. The summed E-state index contributed by atoms with van der Waals surface area (Å²) in [5.74, 6) is 0.630. The van der Waals surface area contributed by atoms with Crippen molar-refractivity contribution in [3.05, 3.63) is 23.8 Å². The molecule has 5 nitrogen and oxygen atoms in total. The molecule has 2 rings (SSSR count). The summed E-state index contributed by atoms with van der Waals surface area (Å²) in [6.45, 7) is 7.01. The first kappa shape index (κ1) is 22.3. The lowest BCUT2D eigenvalue weighted by atomic mass is 10.1. The van der Waals surface area contributed by atoms with Crippen LogP contribution in [0.25, 0.3) is 0 Å². The second-order valence-electron chi connectivity index (χ2n) is 7.70. The molecule has 1 aliphatic rings. The number of benzene rings is 1. The Morgan fingerprint density at radius 2 is 2.00 bits per heavy atom. The first-order valence-corrected chi connectivity index (χ1v) is 9.40. The highest BCUT2D eigenvalue weighted by Gasteiger charge is 2.28. The van der Waals surface area contributed by atoms with Crippen molar-refractivity contribution in [1.82, 2.24) is 4.90 Å². The third-order valence-electron chi connectivity index (χ3n) is 3.89. The molecule has 0 fully saturated rings. The lowest BCUT2D eigenvalue weighted by Crippen LogP contribution is -2.37. The van der Waals surface area contributed by atoms with Gasteiger partial charge in [0.25, 0.3) is 0 Å². The molecule has 1 amide bonds. The molecule has 0 saturated carbocycles. The Balaban J connectivity index is 2.13. The van der Waals surface area contributed by atoms with Crippen LogP contribution in [0, 0.1) is 0 Å². The molecular weight excluding hydrogens is 393 g/mol. The van der Waals surface area contributed by atoms with Gasteiger partial charge in [0.2, 0.25) is 0 Å². The van der Waals surface area contributed by atoms with Crippen LogP contribution in [0.4, 0.5) is 23.7 Å². The van der Waals surface area contributed by atoms with Gasteiger partial charge in [0.15, 0.2) is 0 Å². The van der Waals surface area contributed by atoms with E-state index in [9.17, 15) is 18.0 Å². The number of hydrogen-bond acceptors (Lipinski definition) is 4. The Kier molecular flexibility index (Phi) is 6.80. The first-order valence-electron chi connectivity index (χ1n) is 8.99. The van der Waals surface area contributed by atoms with E-state index in [4.69, 9.17) is 21.7 Å². The second kappa shape index (κ2) is 8.55. The third-order valence-corrected chi connectivity index (χ3v) is 4.32. The maximum absolute atomic E-state index is 12.5. The van der Waals surface area contributed by atoms with E-state index in [1.54, 1.807) is 39.0 Å². The van der Waals surface area contributed by atoms with Crippen LogP contribution in [-0.2, 0) is 11.3 Å². The zero-order valence-corrected chi connectivity index (χ0v) is 17.2. The number of carbonyl (C=O) groups excluding carboxylic acids is 1. The van der Waals surface area contributed by atoms with Crippen molar-refractivity contribution >= 4 is 29.0 Å². The Labute approximate surface area is 168 Å². The van der Waals surface area contributed by atoms with Gasteiger partial charge in [-0.25, -0.2) is 4.79 Å². The van der Waals surface area contributed by atoms with E-state index in [0.717, 1.165) is 5.56 Å². The highest BCUT2D eigenvalue weighted by atomic mass is 32.1. The number of hydrogen-bond donors (Lipinski definition) is 1. The average molecular weight is 418 g/mol. The number of nitrogens with one attached hydrogen (secondary N) is 1. The molecule has 0 aliphatic carbocycles. The molecule has 1 aliphatic heterocycles. The summed E-state index contributed by atoms with van der Waals surface area (Å²) in [7, 11) is 0. The summed E-state index contributed by atoms with van der Waals surface area (Å²) in [5, 5.41) is 3.08. The van der Waals surface area contributed by atoms with Crippen molar-refractivity contribution in [1.29, 1.82) is 0 Å². The molecule has 0 aromatic heterocycles. The number of fused-ring (bicyclic) bond motifs is 1. The number of alkyl halides is 3. The van der Waals surface area contributed by atoms with Gasteiger partial charge in [-0.15, -0.1) is 0 Å². The third kappa shape index (κ3) is 6.85. The smallest absolute Gasteiger partial charge is 0.410 e. The van der Waals surface area contributed by atoms with Crippen LogP contribution in [0.3, 0.4) is 0 Å². The van der Waals surface area contributed by atoms with Gasteiger partial charge in [0, 0.05) is 19.5 Å². The van der Waals surface area contributed by atoms with E-state index in [1.807, 2.05) is 6.92 Å². The number of ether oxygens (including phenoxy) is 2. The van der Waals surface area contributed by atoms with Gasteiger partial charge in [0.1, 0.15) is 22.4 Å². The molecule has 1 heterocycles. The summed E-state index contributed by atoms with van der Waals surface area (Å²) in [5.41, 5.74) is 0.650. The zero-order chi connectivity index (χ0) is 21.1. The van der Waals surface area contributed by atoms with Gasteiger partial charge < -0.3 is 19.7 Å². The maximum atomic E-state index is 12.5. The molecule has 1 atom stereocenters. The Morgan fingerprint density at radius 3 is 2.61 bits per heavy atom. The number of halogens is 3. The average Bonchev–Trinajstić information content (AvgIpc) is 2.52. The van der Waals surface area contributed by atoms with E-state index in [2.05, 4.69) is 5.32 Å². The SMILES string of the molecule is CC1Oc2ccc(CN(CCCC(F)(F)F)C(=O)OC(C)(C)C)cc2NC1=S. The standard InChI is InChI=1S/C19H25F3N2O3S/c1-12-16(28)23-14-10-13(6-7-15(14)26-12)11-24(9-5-8-19(20,21)22)17(25)27-18(2,3)4/h6-7,10,12H,5,8-9,11H2,1-4H3,(H,23,28). The Hall–Kier alpha value is -2.03. The monoisotopic (exact) mass is 418 g/mol. The van der Waals surface area contributed by atoms with Gasteiger partial charge in [-0.1, -0.05) is 18.3 Å². The lowest BCUT2D eigenvalue weighted by molar-refractivity contribution is -0.136. The quantitative estimate of drug-likeness (QED) is 0.659. The molecule has 0 spiro atoms. The molecule has 1 aromatic rings. The molecular formula is C19H25F3N2O3S. The second-order valence-corrected chi connectivity index (χ2v) is 8.14. The van der Waals surface area contributed by atoms with Crippen molar-refractivity contribution in [2.75, 3.05) is 11.9 Å². The van der Waals surface area contributed by atoms with E-state index in [1.165, 1.54) is 4.90 Å². The molecule has 9 heteroatoms. The minimum absolute atomic E-state index is 0.0646. The molecule has 0 radical (unpaired) electrons. The van der Waals surface area contributed by atoms with E-state index < -0.39 is 24.3 Å². The molecule has 1 N–H and O–H groups in total. The predicted octanol–water partition coefficient (Wildman–Crippen LogP) is 5.29. The van der Waals surface area contributed by atoms with Gasteiger partial charge in [0.05, 0.1) is 5.69 Å². The maximum Gasteiger partial charge on any atom is 0.410 e. The highest BCUT2D eigenvalue weighted by Crippen LogP contribution is 2.31. The van der Waals surface area contributed by atoms with E-state index >= 15 is 0 Å². The lowest BCUT2D eigenvalue weighted by Gasteiger charge is -2.29. The van der Waals surface area contributed by atoms with Crippen LogP contribution in [0.1, 0.15) is 46.1 Å². The Bertz CT molecular complexity index is 732. The fourth-order valence-electron chi connectivity index (χ4n) is 2.61. The number of thiocarbonyl (C=S) groups is 1. The summed E-state index contributed by atoms with van der Waals surface area (Å²) in [6.07, 6.45) is -6.32. The number of amides is 1. The number of rotatable bonds is 5. The largest absolute Gasteiger partial charge is 0.481 e. The topological polar surface area (TPSA) is 50.8 Å². The highest BCUT2D eigenvalue weighted by molar-refractivity contribution is 7.80. The summed E-state index contributed by atoms with van der Waals surface area (Å²) in [6, 6.07) is 5.29. The van der Waals surface area contributed by atoms with Crippen molar-refractivity contribution in [3.63, 3.8) is 0 Å². The van der Waals surface area contributed by atoms with Crippen LogP contribution >= 0.6 is 12.2 Å². The van der Waals surface area contributed by atoms with Crippen LogP contribution in [0.5, 0.6) is 5.75 Å². The predicted molar refractivity (Wildman–Crippen MR) is 105 cm³/mol. The molecule has 0 bridgehead atoms. The molecule has 0 saturated heterocycles. The normalized spacial score (nSPS) is 16.7. The van der Waals surface area contributed by atoms with Gasteiger partial charge in [-0.3, -0.25) is 0 Å². The van der Waals surface area contributed by atoms with E-state index in [-0.39, 0.29) is 25.6 Å². The minimum Gasteiger partial charge on any atom is -0.481 e.